The van der Waals surface area contributed by atoms with Crippen LogP contribution in [0.3, 0.4) is 0 Å². The minimum atomic E-state index is -2.81. The summed E-state index contributed by atoms with van der Waals surface area (Å²) in [7, 11) is -2.81. The van der Waals surface area contributed by atoms with E-state index < -0.39 is 9.84 Å². The van der Waals surface area contributed by atoms with Crippen molar-refractivity contribution < 1.29 is 8.42 Å². The number of rotatable bonds is 7. The summed E-state index contributed by atoms with van der Waals surface area (Å²) in [6.45, 7) is 4.05. The molecular weight excluding hydrogens is 350 g/mol. The Hall–Kier alpha value is -0.390. The first-order valence-electron chi connectivity index (χ1n) is 7.66. The van der Waals surface area contributed by atoms with Gasteiger partial charge in [-0.2, -0.15) is 0 Å². The van der Waals surface area contributed by atoms with Crippen molar-refractivity contribution in [2.24, 2.45) is 11.8 Å². The molecule has 1 saturated heterocycles. The molecule has 21 heavy (non-hydrogen) atoms. The quantitative estimate of drug-likeness (QED) is 0.747. The fraction of sp³-hybridized carbons (Fsp3) is 0.625. The van der Waals surface area contributed by atoms with E-state index in [-0.39, 0.29) is 0 Å². The van der Waals surface area contributed by atoms with E-state index >= 15 is 0 Å². The first-order chi connectivity index (χ1) is 10.00. The summed E-state index contributed by atoms with van der Waals surface area (Å²) < 4.78 is 24.6. The molecule has 1 fully saturated rings. The van der Waals surface area contributed by atoms with E-state index in [9.17, 15) is 8.42 Å². The highest BCUT2D eigenvalue weighted by molar-refractivity contribution is 9.10. The molecule has 3 nitrogen and oxygen atoms in total. The number of hydrogen-bond acceptors (Lipinski definition) is 3. The molecule has 1 aromatic carbocycles. The Morgan fingerprint density at radius 3 is 2.86 bits per heavy atom. The molecule has 1 N–H and O–H groups in total. The highest BCUT2D eigenvalue weighted by atomic mass is 79.9. The van der Waals surface area contributed by atoms with E-state index in [4.69, 9.17) is 0 Å². The van der Waals surface area contributed by atoms with Gasteiger partial charge in [0.1, 0.15) is 0 Å². The minimum Gasteiger partial charge on any atom is -0.316 e. The molecule has 5 heteroatoms. The summed E-state index contributed by atoms with van der Waals surface area (Å²) in [6, 6.07) is 8.33. The average Bonchev–Trinajstić information content (AvgIpc) is 2.78. The average molecular weight is 374 g/mol. The number of sulfone groups is 1. The lowest BCUT2D eigenvalue weighted by Crippen LogP contribution is -2.31. The summed E-state index contributed by atoms with van der Waals surface area (Å²) in [6.07, 6.45) is 2.86. The van der Waals surface area contributed by atoms with Gasteiger partial charge in [0.2, 0.25) is 0 Å². The van der Waals surface area contributed by atoms with Crippen LogP contribution in [0.15, 0.2) is 28.7 Å². The normalized spacial score (nSPS) is 22.3. The van der Waals surface area contributed by atoms with Gasteiger partial charge in [-0.15, -0.1) is 0 Å². The molecule has 1 aliphatic heterocycles. The zero-order valence-corrected chi connectivity index (χ0v) is 14.9. The number of benzene rings is 1. The van der Waals surface area contributed by atoms with Crippen molar-refractivity contribution >= 4 is 25.8 Å². The molecule has 0 saturated carbocycles. The second-order valence-electron chi connectivity index (χ2n) is 5.96. The van der Waals surface area contributed by atoms with Crippen molar-refractivity contribution in [3.05, 3.63) is 34.3 Å². The molecule has 0 amide bonds. The lowest BCUT2D eigenvalue weighted by atomic mass is 9.86. The topological polar surface area (TPSA) is 46.2 Å². The predicted molar refractivity (Wildman–Crippen MR) is 91.3 cm³/mol. The first-order valence-corrected chi connectivity index (χ1v) is 10.3. The van der Waals surface area contributed by atoms with Crippen LogP contribution < -0.4 is 5.32 Å². The minimum absolute atomic E-state index is 0.290. The summed E-state index contributed by atoms with van der Waals surface area (Å²) in [5.74, 6) is 1.40. The fourth-order valence-electron chi connectivity index (χ4n) is 3.03. The summed E-state index contributed by atoms with van der Waals surface area (Å²) in [5, 5.41) is 3.47. The van der Waals surface area contributed by atoms with Gasteiger partial charge in [0.05, 0.1) is 11.5 Å². The molecule has 1 aliphatic rings. The van der Waals surface area contributed by atoms with Gasteiger partial charge in [-0.1, -0.05) is 35.0 Å². The van der Waals surface area contributed by atoms with Gasteiger partial charge in [0.15, 0.2) is 9.84 Å². The second-order valence-corrected chi connectivity index (χ2v) is 9.11. The Balaban J connectivity index is 2.05. The highest BCUT2D eigenvalue weighted by Crippen LogP contribution is 2.29. The molecule has 2 rings (SSSR count). The van der Waals surface area contributed by atoms with Gasteiger partial charge < -0.3 is 5.32 Å². The third kappa shape index (κ3) is 5.38. The van der Waals surface area contributed by atoms with Crippen LogP contribution in [-0.2, 0) is 16.3 Å². The summed E-state index contributed by atoms with van der Waals surface area (Å²) >= 11 is 3.51. The van der Waals surface area contributed by atoms with Gasteiger partial charge in [0.25, 0.3) is 0 Å². The molecule has 118 valence electrons. The Labute approximate surface area is 136 Å². The predicted octanol–water partition coefficient (Wildman–Crippen LogP) is 3.04. The van der Waals surface area contributed by atoms with Crippen LogP contribution in [0.2, 0.25) is 0 Å². The van der Waals surface area contributed by atoms with Crippen molar-refractivity contribution in [2.75, 3.05) is 24.6 Å². The van der Waals surface area contributed by atoms with Crippen LogP contribution in [0, 0.1) is 11.8 Å². The lowest BCUT2D eigenvalue weighted by molar-refractivity contribution is 0.343. The van der Waals surface area contributed by atoms with E-state index in [2.05, 4.69) is 40.3 Å². The Morgan fingerprint density at radius 1 is 1.43 bits per heavy atom. The maximum absolute atomic E-state index is 11.8. The standard InChI is InChI=1S/C16H24BrNO2S/c1-2-7-18-11-15(14-6-8-21(19,20)12-14)9-13-4-3-5-16(17)10-13/h3-5,10,14-15,18H,2,6-9,11-12H2,1H3. The van der Waals surface area contributed by atoms with E-state index in [1.807, 2.05) is 12.1 Å². The lowest BCUT2D eigenvalue weighted by Gasteiger charge is -2.23. The van der Waals surface area contributed by atoms with Crippen LogP contribution in [0.25, 0.3) is 0 Å². The van der Waals surface area contributed by atoms with Crippen LogP contribution in [-0.4, -0.2) is 33.0 Å². The molecule has 0 aromatic heterocycles. The smallest absolute Gasteiger partial charge is 0.150 e. The molecule has 1 aromatic rings. The van der Waals surface area contributed by atoms with Crippen molar-refractivity contribution in [2.45, 2.75) is 26.2 Å². The first kappa shape index (κ1) is 17.0. The molecule has 0 radical (unpaired) electrons. The van der Waals surface area contributed by atoms with Gasteiger partial charge in [-0.05, 0) is 61.9 Å². The van der Waals surface area contributed by atoms with E-state index in [0.29, 0.717) is 23.3 Å². The van der Waals surface area contributed by atoms with E-state index in [0.717, 1.165) is 36.8 Å². The summed E-state index contributed by atoms with van der Waals surface area (Å²) in [4.78, 5) is 0. The molecule has 0 bridgehead atoms. The van der Waals surface area contributed by atoms with Crippen LogP contribution >= 0.6 is 15.9 Å². The largest absolute Gasteiger partial charge is 0.316 e. The third-order valence-corrected chi connectivity index (χ3v) is 6.44. The van der Waals surface area contributed by atoms with Crippen molar-refractivity contribution in [1.82, 2.24) is 5.32 Å². The Kier molecular flexibility index (Phi) is 6.26. The number of halogens is 1. The molecule has 1 heterocycles. The van der Waals surface area contributed by atoms with Gasteiger partial charge in [-0.3, -0.25) is 0 Å². The van der Waals surface area contributed by atoms with E-state index in [1.165, 1.54) is 5.56 Å². The van der Waals surface area contributed by atoms with Crippen LogP contribution in [0.4, 0.5) is 0 Å². The zero-order valence-electron chi connectivity index (χ0n) is 12.5. The maximum atomic E-state index is 11.8. The second kappa shape index (κ2) is 7.75. The monoisotopic (exact) mass is 373 g/mol. The van der Waals surface area contributed by atoms with E-state index in [1.54, 1.807) is 0 Å². The Bertz CT molecular complexity index is 559. The third-order valence-electron chi connectivity index (χ3n) is 4.15. The maximum Gasteiger partial charge on any atom is 0.150 e. The molecule has 0 spiro atoms. The Morgan fingerprint density at radius 2 is 2.24 bits per heavy atom. The SMILES string of the molecule is CCCNCC(Cc1cccc(Br)c1)C1CCS(=O)(=O)C1. The molecule has 2 atom stereocenters. The van der Waals surface area contributed by atoms with Crippen LogP contribution in [0.5, 0.6) is 0 Å². The van der Waals surface area contributed by atoms with Gasteiger partial charge >= 0.3 is 0 Å². The van der Waals surface area contributed by atoms with Gasteiger partial charge in [0, 0.05) is 4.47 Å². The van der Waals surface area contributed by atoms with Crippen molar-refractivity contribution in [3.63, 3.8) is 0 Å². The van der Waals surface area contributed by atoms with Crippen molar-refractivity contribution in [1.29, 1.82) is 0 Å². The highest BCUT2D eigenvalue weighted by Gasteiger charge is 2.33. The molecular formula is C16H24BrNO2S. The zero-order chi connectivity index (χ0) is 15.3. The number of hydrogen-bond donors (Lipinski definition) is 1. The fourth-order valence-corrected chi connectivity index (χ4v) is 5.40. The van der Waals surface area contributed by atoms with Gasteiger partial charge in [-0.25, -0.2) is 8.42 Å². The van der Waals surface area contributed by atoms with Crippen molar-refractivity contribution in [3.8, 4) is 0 Å². The molecule has 2 unspecified atom stereocenters. The summed E-state index contributed by atoms with van der Waals surface area (Å²) in [5.41, 5.74) is 1.27. The molecule has 0 aliphatic carbocycles. The number of nitrogens with one attached hydrogen (secondary N) is 1. The van der Waals surface area contributed by atoms with Crippen LogP contribution in [0.1, 0.15) is 25.3 Å².